The van der Waals surface area contributed by atoms with Crippen LogP contribution in [0.15, 0.2) is 24.3 Å². The summed E-state index contributed by atoms with van der Waals surface area (Å²) in [6, 6.07) is 7.33. The van der Waals surface area contributed by atoms with Crippen LogP contribution in [0.1, 0.15) is 88.4 Å². The van der Waals surface area contributed by atoms with Crippen LogP contribution in [0.3, 0.4) is 0 Å². The molecule has 24 heavy (non-hydrogen) atoms. The van der Waals surface area contributed by atoms with E-state index in [2.05, 4.69) is 12.2 Å². The fourth-order valence-corrected chi connectivity index (χ4v) is 2.79. The van der Waals surface area contributed by atoms with Crippen molar-refractivity contribution in [2.24, 2.45) is 0 Å². The Hall–Kier alpha value is -1.51. The molecule has 136 valence electrons. The van der Waals surface area contributed by atoms with Crippen molar-refractivity contribution in [2.75, 3.05) is 13.2 Å². The number of ether oxygens (including phenoxy) is 1. The van der Waals surface area contributed by atoms with Crippen LogP contribution in [0.4, 0.5) is 0 Å². The quantitative estimate of drug-likeness (QED) is 0.441. The predicted molar refractivity (Wildman–Crippen MR) is 102 cm³/mol. The third-order valence-corrected chi connectivity index (χ3v) is 4.24. The molecule has 0 saturated heterocycles. The number of unbranched alkanes of at least 4 members (excludes halogenated alkanes) is 9. The molecule has 0 bridgehead atoms. The minimum absolute atomic E-state index is 0.00831. The van der Waals surface area contributed by atoms with Crippen molar-refractivity contribution >= 4 is 5.91 Å². The second-order valence-electron chi connectivity index (χ2n) is 6.40. The van der Waals surface area contributed by atoms with E-state index in [1.807, 2.05) is 31.2 Å². The highest BCUT2D eigenvalue weighted by atomic mass is 16.5. The number of rotatable bonds is 14. The van der Waals surface area contributed by atoms with Crippen LogP contribution in [0, 0.1) is 0 Å². The molecule has 1 N–H and O–H groups in total. The van der Waals surface area contributed by atoms with Gasteiger partial charge in [-0.3, -0.25) is 4.79 Å². The van der Waals surface area contributed by atoms with Gasteiger partial charge in [-0.05, 0) is 37.6 Å². The van der Waals surface area contributed by atoms with Gasteiger partial charge in [0.1, 0.15) is 5.75 Å². The first-order valence-electron chi connectivity index (χ1n) is 9.79. The molecule has 0 saturated carbocycles. The zero-order valence-corrected chi connectivity index (χ0v) is 15.6. The lowest BCUT2D eigenvalue weighted by Crippen LogP contribution is -2.24. The Balaban J connectivity index is 1.99. The van der Waals surface area contributed by atoms with Gasteiger partial charge in [-0.1, -0.05) is 64.7 Å². The monoisotopic (exact) mass is 333 g/mol. The van der Waals surface area contributed by atoms with Crippen molar-refractivity contribution in [1.29, 1.82) is 0 Å². The van der Waals surface area contributed by atoms with Crippen LogP contribution in [0.5, 0.6) is 5.75 Å². The summed E-state index contributed by atoms with van der Waals surface area (Å²) >= 11 is 0. The number of carbonyl (C=O) groups is 1. The van der Waals surface area contributed by atoms with E-state index >= 15 is 0 Å². The van der Waals surface area contributed by atoms with E-state index in [1.165, 1.54) is 57.8 Å². The first-order chi connectivity index (χ1) is 11.8. The summed E-state index contributed by atoms with van der Waals surface area (Å²) in [5.74, 6) is 0.817. The third-order valence-electron chi connectivity index (χ3n) is 4.24. The lowest BCUT2D eigenvalue weighted by Gasteiger charge is -2.07. The summed E-state index contributed by atoms with van der Waals surface area (Å²) in [6.07, 6.45) is 13.1. The Bertz CT molecular complexity index is 428. The molecule has 0 radical (unpaired) electrons. The molecule has 1 rings (SSSR count). The highest BCUT2D eigenvalue weighted by molar-refractivity contribution is 5.94. The number of amides is 1. The highest BCUT2D eigenvalue weighted by Crippen LogP contribution is 2.12. The van der Waals surface area contributed by atoms with Crippen LogP contribution in [-0.4, -0.2) is 19.1 Å². The molecule has 3 heteroatoms. The van der Waals surface area contributed by atoms with E-state index in [9.17, 15) is 4.79 Å². The lowest BCUT2D eigenvalue weighted by atomic mass is 10.1. The molecule has 0 aliphatic carbocycles. The number of nitrogens with one attached hydrogen (secondary N) is 1. The van der Waals surface area contributed by atoms with Crippen molar-refractivity contribution in [1.82, 2.24) is 5.32 Å². The topological polar surface area (TPSA) is 38.3 Å². The Morgan fingerprint density at radius 3 is 1.92 bits per heavy atom. The van der Waals surface area contributed by atoms with E-state index in [-0.39, 0.29) is 5.91 Å². The summed E-state index contributed by atoms with van der Waals surface area (Å²) in [7, 11) is 0. The van der Waals surface area contributed by atoms with Crippen molar-refractivity contribution in [3.63, 3.8) is 0 Å². The van der Waals surface area contributed by atoms with Crippen molar-refractivity contribution in [3.8, 4) is 5.75 Å². The Morgan fingerprint density at radius 2 is 1.38 bits per heavy atom. The fourth-order valence-electron chi connectivity index (χ4n) is 2.79. The number of hydrogen-bond acceptors (Lipinski definition) is 2. The van der Waals surface area contributed by atoms with Gasteiger partial charge in [0.25, 0.3) is 5.91 Å². The average Bonchev–Trinajstić information content (AvgIpc) is 2.60. The van der Waals surface area contributed by atoms with Gasteiger partial charge in [0, 0.05) is 12.1 Å². The minimum Gasteiger partial charge on any atom is -0.494 e. The van der Waals surface area contributed by atoms with Gasteiger partial charge < -0.3 is 10.1 Å². The molecule has 1 aromatic carbocycles. The van der Waals surface area contributed by atoms with Crippen LogP contribution in [0.25, 0.3) is 0 Å². The van der Waals surface area contributed by atoms with Crippen LogP contribution >= 0.6 is 0 Å². The molecule has 0 heterocycles. The number of carbonyl (C=O) groups excluding carboxylic acids is 1. The van der Waals surface area contributed by atoms with E-state index in [1.54, 1.807) is 0 Å². The van der Waals surface area contributed by atoms with Gasteiger partial charge in [0.15, 0.2) is 0 Å². The van der Waals surface area contributed by atoms with Gasteiger partial charge in [0.2, 0.25) is 0 Å². The first kappa shape index (κ1) is 20.5. The molecule has 0 unspecified atom stereocenters. The molecular formula is C21H35NO2. The lowest BCUT2D eigenvalue weighted by molar-refractivity contribution is 0.0953. The van der Waals surface area contributed by atoms with Gasteiger partial charge in [-0.25, -0.2) is 0 Å². The van der Waals surface area contributed by atoms with Gasteiger partial charge in [-0.15, -0.1) is 0 Å². The predicted octanol–water partition coefficient (Wildman–Crippen LogP) is 5.74. The van der Waals surface area contributed by atoms with E-state index in [0.717, 1.165) is 18.7 Å². The van der Waals surface area contributed by atoms with Gasteiger partial charge in [0.05, 0.1) is 6.61 Å². The maximum atomic E-state index is 12.0. The molecule has 3 nitrogen and oxygen atoms in total. The number of hydrogen-bond donors (Lipinski definition) is 1. The summed E-state index contributed by atoms with van der Waals surface area (Å²) < 4.78 is 5.38. The summed E-state index contributed by atoms with van der Waals surface area (Å²) in [6.45, 7) is 5.62. The number of benzene rings is 1. The fraction of sp³-hybridized carbons (Fsp3) is 0.667. The Morgan fingerprint density at radius 1 is 0.833 bits per heavy atom. The molecular weight excluding hydrogens is 298 g/mol. The van der Waals surface area contributed by atoms with Crippen molar-refractivity contribution in [2.45, 2.75) is 78.1 Å². The van der Waals surface area contributed by atoms with Crippen LogP contribution < -0.4 is 10.1 Å². The zero-order valence-electron chi connectivity index (χ0n) is 15.6. The summed E-state index contributed by atoms with van der Waals surface area (Å²) in [5, 5.41) is 3.00. The molecule has 0 spiro atoms. The molecule has 0 atom stereocenters. The van der Waals surface area contributed by atoms with E-state index in [4.69, 9.17) is 4.74 Å². The average molecular weight is 334 g/mol. The Kier molecular flexibility index (Phi) is 11.9. The minimum atomic E-state index is 0.00831. The SMILES string of the molecule is CCCCCCCCCCCCNC(=O)c1ccc(OCC)cc1. The maximum absolute atomic E-state index is 12.0. The standard InChI is InChI=1S/C21H35NO2/c1-3-5-6-7-8-9-10-11-12-13-18-22-21(23)19-14-16-20(17-15-19)24-4-2/h14-17H,3-13,18H2,1-2H3,(H,22,23). The Labute approximate surface area is 148 Å². The maximum Gasteiger partial charge on any atom is 0.251 e. The largest absolute Gasteiger partial charge is 0.494 e. The molecule has 0 aliphatic rings. The van der Waals surface area contributed by atoms with E-state index in [0.29, 0.717) is 12.2 Å². The van der Waals surface area contributed by atoms with Crippen molar-refractivity contribution < 1.29 is 9.53 Å². The van der Waals surface area contributed by atoms with Gasteiger partial charge in [-0.2, -0.15) is 0 Å². The third kappa shape index (κ3) is 9.59. The second kappa shape index (κ2) is 13.9. The van der Waals surface area contributed by atoms with Gasteiger partial charge >= 0.3 is 0 Å². The van der Waals surface area contributed by atoms with E-state index < -0.39 is 0 Å². The normalized spacial score (nSPS) is 10.6. The van der Waals surface area contributed by atoms with Crippen LogP contribution in [0.2, 0.25) is 0 Å². The summed E-state index contributed by atoms with van der Waals surface area (Å²) in [4.78, 5) is 12.0. The highest BCUT2D eigenvalue weighted by Gasteiger charge is 2.04. The second-order valence-corrected chi connectivity index (χ2v) is 6.40. The smallest absolute Gasteiger partial charge is 0.251 e. The zero-order chi connectivity index (χ0) is 17.5. The molecule has 0 aliphatic heterocycles. The molecule has 1 amide bonds. The molecule has 0 aromatic heterocycles. The molecule has 1 aromatic rings. The first-order valence-corrected chi connectivity index (χ1v) is 9.79. The summed E-state index contributed by atoms with van der Waals surface area (Å²) in [5.41, 5.74) is 0.700. The molecule has 0 fully saturated rings. The van der Waals surface area contributed by atoms with Crippen molar-refractivity contribution in [3.05, 3.63) is 29.8 Å². The van der Waals surface area contributed by atoms with Crippen LogP contribution in [-0.2, 0) is 0 Å².